The number of fused-ring (bicyclic) bond motifs is 9. The average Bonchev–Trinajstić information content (AvgIpc) is 4.01. The molecule has 0 atom stereocenters. The molecule has 294 valence electrons. The maximum absolute atomic E-state index is 6.22. The van der Waals surface area contributed by atoms with Gasteiger partial charge < -0.3 is 13.6 Å². The molecule has 0 saturated heterocycles. The van der Waals surface area contributed by atoms with Crippen molar-refractivity contribution < 1.29 is 4.42 Å². The molecule has 6 heteroatoms. The van der Waals surface area contributed by atoms with E-state index in [4.69, 9.17) is 19.4 Å². The van der Waals surface area contributed by atoms with Crippen LogP contribution in [0.5, 0.6) is 0 Å². The smallest absolute Gasteiger partial charge is 0.164 e. The summed E-state index contributed by atoms with van der Waals surface area (Å²) in [6.45, 7) is 0. The summed E-state index contributed by atoms with van der Waals surface area (Å²) >= 11 is 0. The number of furan rings is 1. The fourth-order valence-corrected chi connectivity index (χ4v) is 9.44. The number of hydrogen-bond acceptors (Lipinski definition) is 4. The molecule has 0 unspecified atom stereocenters. The van der Waals surface area contributed by atoms with Gasteiger partial charge in [-0.3, -0.25) is 0 Å². The molecule has 9 aromatic carbocycles. The van der Waals surface area contributed by atoms with Crippen LogP contribution in [0, 0.1) is 0 Å². The minimum atomic E-state index is 0.585. The van der Waals surface area contributed by atoms with E-state index in [2.05, 4.69) is 191 Å². The topological polar surface area (TPSA) is 61.7 Å². The first-order valence-electron chi connectivity index (χ1n) is 21.2. The maximum atomic E-state index is 6.22. The lowest BCUT2D eigenvalue weighted by Crippen LogP contribution is -2.01. The number of aromatic nitrogens is 5. The van der Waals surface area contributed by atoms with Gasteiger partial charge in [0, 0.05) is 60.4 Å². The number of hydrogen-bond donors (Lipinski definition) is 0. The van der Waals surface area contributed by atoms with Crippen LogP contribution in [0.1, 0.15) is 0 Å². The fourth-order valence-electron chi connectivity index (χ4n) is 9.44. The van der Waals surface area contributed by atoms with Crippen molar-refractivity contribution in [3.05, 3.63) is 212 Å². The normalized spacial score (nSPS) is 11.8. The van der Waals surface area contributed by atoms with Crippen LogP contribution in [0.25, 0.3) is 122 Å². The van der Waals surface area contributed by atoms with Crippen LogP contribution in [-0.2, 0) is 0 Å². The van der Waals surface area contributed by atoms with E-state index in [1.165, 1.54) is 32.7 Å². The van der Waals surface area contributed by atoms with Gasteiger partial charge in [0.2, 0.25) is 0 Å². The third-order valence-electron chi connectivity index (χ3n) is 12.4. The summed E-state index contributed by atoms with van der Waals surface area (Å²) in [4.78, 5) is 15.8. The SMILES string of the molecule is c1ccc(-c2ccc3c(c2)c2ccccc2n3-c2cccc(-c3nc(-c4ccc5oc6ccccc6c5c4)nc(-c4ccc5c6ccccc6n(-c6ccccc6)c5c4)n3)c2)cc1. The lowest BCUT2D eigenvalue weighted by atomic mass is 10.0. The van der Waals surface area contributed by atoms with Crippen LogP contribution < -0.4 is 0 Å². The predicted octanol–water partition coefficient (Wildman–Crippen LogP) is 14.6. The van der Waals surface area contributed by atoms with E-state index < -0.39 is 0 Å². The molecular weight excluding hydrogens is 771 g/mol. The van der Waals surface area contributed by atoms with E-state index in [1.807, 2.05) is 30.3 Å². The molecule has 0 saturated carbocycles. The number of benzene rings is 9. The van der Waals surface area contributed by atoms with Gasteiger partial charge in [0.15, 0.2) is 17.5 Å². The Morgan fingerprint density at radius 2 is 0.762 bits per heavy atom. The molecule has 4 heterocycles. The molecule has 4 aromatic heterocycles. The summed E-state index contributed by atoms with van der Waals surface area (Å²) in [7, 11) is 0. The first-order chi connectivity index (χ1) is 31.2. The lowest BCUT2D eigenvalue weighted by Gasteiger charge is -2.12. The summed E-state index contributed by atoms with van der Waals surface area (Å²) in [5.41, 5.74) is 13.3. The highest BCUT2D eigenvalue weighted by molar-refractivity contribution is 6.12. The molecule has 6 nitrogen and oxygen atoms in total. The minimum Gasteiger partial charge on any atom is -0.456 e. The molecule has 0 spiro atoms. The van der Waals surface area contributed by atoms with Gasteiger partial charge in [0.25, 0.3) is 0 Å². The zero-order chi connectivity index (χ0) is 41.4. The largest absolute Gasteiger partial charge is 0.456 e. The van der Waals surface area contributed by atoms with E-state index in [0.29, 0.717) is 17.5 Å². The van der Waals surface area contributed by atoms with Gasteiger partial charge in [-0.25, -0.2) is 15.0 Å². The fraction of sp³-hybridized carbons (Fsp3) is 0. The maximum Gasteiger partial charge on any atom is 0.164 e. The van der Waals surface area contributed by atoms with Gasteiger partial charge in [0.05, 0.1) is 22.1 Å². The Balaban J connectivity index is 1.01. The highest BCUT2D eigenvalue weighted by Gasteiger charge is 2.19. The molecule has 0 N–H and O–H groups in total. The van der Waals surface area contributed by atoms with Gasteiger partial charge in [-0.1, -0.05) is 133 Å². The summed E-state index contributed by atoms with van der Waals surface area (Å²) in [6, 6.07) is 74.5. The molecule has 0 aliphatic carbocycles. The van der Waals surface area contributed by atoms with Crippen molar-refractivity contribution in [3.63, 3.8) is 0 Å². The highest BCUT2D eigenvalue weighted by Crippen LogP contribution is 2.38. The van der Waals surface area contributed by atoms with Crippen molar-refractivity contribution >= 4 is 65.6 Å². The second-order valence-electron chi connectivity index (χ2n) is 16.0. The van der Waals surface area contributed by atoms with Crippen molar-refractivity contribution in [2.24, 2.45) is 0 Å². The predicted molar refractivity (Wildman–Crippen MR) is 258 cm³/mol. The Hall–Kier alpha value is -8.61. The van der Waals surface area contributed by atoms with Crippen LogP contribution in [-0.4, -0.2) is 24.1 Å². The molecule has 0 aliphatic rings. The molecule has 13 aromatic rings. The molecular formula is C57H35N5O. The second kappa shape index (κ2) is 14.0. The molecule has 0 aliphatic heterocycles. The number of nitrogens with zero attached hydrogens (tertiary/aromatic N) is 5. The van der Waals surface area contributed by atoms with Gasteiger partial charge in [-0.15, -0.1) is 0 Å². The molecule has 0 bridgehead atoms. The third-order valence-corrected chi connectivity index (χ3v) is 12.4. The van der Waals surface area contributed by atoms with Crippen LogP contribution in [0.3, 0.4) is 0 Å². The van der Waals surface area contributed by atoms with E-state index in [-0.39, 0.29) is 0 Å². The van der Waals surface area contributed by atoms with Crippen LogP contribution >= 0.6 is 0 Å². The number of rotatable bonds is 6. The van der Waals surface area contributed by atoms with E-state index >= 15 is 0 Å². The van der Waals surface area contributed by atoms with Crippen molar-refractivity contribution in [1.29, 1.82) is 0 Å². The average molecular weight is 806 g/mol. The molecule has 13 rings (SSSR count). The Kier molecular flexibility index (Phi) is 7.80. The zero-order valence-electron chi connectivity index (χ0n) is 33.9. The zero-order valence-corrected chi connectivity index (χ0v) is 33.9. The monoisotopic (exact) mass is 805 g/mol. The Labute approximate surface area is 361 Å². The molecule has 63 heavy (non-hydrogen) atoms. The van der Waals surface area contributed by atoms with Crippen molar-refractivity contribution in [2.75, 3.05) is 0 Å². The van der Waals surface area contributed by atoms with Gasteiger partial charge in [-0.05, 0) is 90.0 Å². The Morgan fingerprint density at radius 1 is 0.270 bits per heavy atom. The van der Waals surface area contributed by atoms with Crippen molar-refractivity contribution in [1.82, 2.24) is 24.1 Å². The quantitative estimate of drug-likeness (QED) is 0.168. The molecule has 0 amide bonds. The number of para-hydroxylation sites is 4. The summed E-state index contributed by atoms with van der Waals surface area (Å²) in [6.07, 6.45) is 0. The van der Waals surface area contributed by atoms with Gasteiger partial charge in [-0.2, -0.15) is 0 Å². The summed E-state index contributed by atoms with van der Waals surface area (Å²) in [5.74, 6) is 1.76. The minimum absolute atomic E-state index is 0.585. The van der Waals surface area contributed by atoms with Crippen molar-refractivity contribution in [3.8, 4) is 56.7 Å². The first-order valence-corrected chi connectivity index (χ1v) is 21.2. The lowest BCUT2D eigenvalue weighted by molar-refractivity contribution is 0.669. The van der Waals surface area contributed by atoms with Crippen LogP contribution in [0.2, 0.25) is 0 Å². The van der Waals surface area contributed by atoms with E-state index in [9.17, 15) is 0 Å². The Bertz CT molecular complexity index is 3920. The molecule has 0 radical (unpaired) electrons. The van der Waals surface area contributed by atoms with Crippen LogP contribution in [0.4, 0.5) is 0 Å². The van der Waals surface area contributed by atoms with Crippen molar-refractivity contribution in [2.45, 2.75) is 0 Å². The highest BCUT2D eigenvalue weighted by atomic mass is 16.3. The summed E-state index contributed by atoms with van der Waals surface area (Å²) < 4.78 is 10.9. The third kappa shape index (κ3) is 5.69. The summed E-state index contributed by atoms with van der Waals surface area (Å²) in [5, 5.41) is 6.83. The van der Waals surface area contributed by atoms with Crippen LogP contribution in [0.15, 0.2) is 217 Å². The van der Waals surface area contributed by atoms with E-state index in [0.717, 1.165) is 72.1 Å². The second-order valence-corrected chi connectivity index (χ2v) is 16.0. The molecule has 0 fully saturated rings. The van der Waals surface area contributed by atoms with Gasteiger partial charge >= 0.3 is 0 Å². The Morgan fingerprint density at radius 3 is 1.52 bits per heavy atom. The first kappa shape index (κ1) is 35.2. The van der Waals surface area contributed by atoms with Gasteiger partial charge in [0.1, 0.15) is 11.2 Å². The standard InChI is InChI=1S/C57H35N5O/c1-3-14-36(15-4-1)37-27-30-51-47(33-37)44-21-8-11-24-50(44)62(51)42-19-13-16-38(32-42)55-58-56(39-28-31-54-48(34-39)46-22-9-12-25-53(46)63-54)60-57(59-55)40-26-29-45-43-20-7-10-23-49(43)61(52(45)35-40)41-17-5-2-6-18-41/h1-35H. The van der Waals surface area contributed by atoms with E-state index in [1.54, 1.807) is 0 Å².